The van der Waals surface area contributed by atoms with Gasteiger partial charge in [0, 0.05) is 25.7 Å². The number of hydrogen-bond acceptors (Lipinski definition) is 2. The molecule has 0 fully saturated rings. The number of benzene rings is 1. The van der Waals surface area contributed by atoms with E-state index in [2.05, 4.69) is 15.6 Å². The number of rotatable bonds is 5. The standard InChI is InChI=1S/C13H20N4O.HI/c1-3-5-12(18)17-11-7-4-6-10(8-11)9-16-13(14)15-2;/h4,6-8H,3,5,9H2,1-2H3,(H,17,18)(H3,14,15,16);1H. The van der Waals surface area contributed by atoms with Crippen LogP contribution in [0.5, 0.6) is 0 Å². The molecular formula is C13H21IN4O. The zero-order chi connectivity index (χ0) is 13.4. The largest absolute Gasteiger partial charge is 0.370 e. The maximum Gasteiger partial charge on any atom is 0.224 e. The maximum atomic E-state index is 11.5. The van der Waals surface area contributed by atoms with Gasteiger partial charge in [-0.25, -0.2) is 0 Å². The van der Waals surface area contributed by atoms with Crippen LogP contribution in [-0.2, 0) is 11.3 Å². The summed E-state index contributed by atoms with van der Waals surface area (Å²) < 4.78 is 0. The second-order valence-electron chi connectivity index (χ2n) is 3.96. The fourth-order valence-corrected chi connectivity index (χ4v) is 1.48. The SMILES string of the molecule is CCCC(=O)Nc1cccc(CNC(N)=NC)c1.I. The lowest BCUT2D eigenvalue weighted by Gasteiger charge is -2.08. The summed E-state index contributed by atoms with van der Waals surface area (Å²) in [6, 6.07) is 7.65. The third-order valence-electron chi connectivity index (χ3n) is 2.40. The topological polar surface area (TPSA) is 79.5 Å². The number of nitrogens with zero attached hydrogens (tertiary/aromatic N) is 1. The normalized spacial score (nSPS) is 10.5. The van der Waals surface area contributed by atoms with Crippen molar-refractivity contribution in [3.05, 3.63) is 29.8 Å². The summed E-state index contributed by atoms with van der Waals surface area (Å²) in [5, 5.41) is 5.83. The molecule has 0 bridgehead atoms. The van der Waals surface area contributed by atoms with Crippen molar-refractivity contribution in [3.63, 3.8) is 0 Å². The van der Waals surface area contributed by atoms with Crippen LogP contribution < -0.4 is 16.4 Å². The van der Waals surface area contributed by atoms with Crippen molar-refractivity contribution in [2.75, 3.05) is 12.4 Å². The average Bonchev–Trinajstić information content (AvgIpc) is 2.36. The van der Waals surface area contributed by atoms with Crippen LogP contribution in [0.2, 0.25) is 0 Å². The van der Waals surface area contributed by atoms with Crippen LogP contribution >= 0.6 is 24.0 Å². The van der Waals surface area contributed by atoms with E-state index in [1.54, 1.807) is 7.05 Å². The van der Waals surface area contributed by atoms with Gasteiger partial charge < -0.3 is 16.4 Å². The quantitative estimate of drug-likeness (QED) is 0.418. The van der Waals surface area contributed by atoms with Gasteiger partial charge in [-0.2, -0.15) is 0 Å². The lowest BCUT2D eigenvalue weighted by molar-refractivity contribution is -0.116. The zero-order valence-corrected chi connectivity index (χ0v) is 13.6. The van der Waals surface area contributed by atoms with Gasteiger partial charge in [-0.3, -0.25) is 9.79 Å². The van der Waals surface area contributed by atoms with Crippen molar-refractivity contribution in [1.82, 2.24) is 5.32 Å². The Labute approximate surface area is 131 Å². The second-order valence-corrected chi connectivity index (χ2v) is 3.96. The number of hydrogen-bond donors (Lipinski definition) is 3. The van der Waals surface area contributed by atoms with Gasteiger partial charge in [-0.15, -0.1) is 24.0 Å². The third kappa shape index (κ3) is 7.00. The Morgan fingerprint density at radius 1 is 1.42 bits per heavy atom. The van der Waals surface area contributed by atoms with Gasteiger partial charge in [0.2, 0.25) is 5.91 Å². The van der Waals surface area contributed by atoms with Gasteiger partial charge in [0.1, 0.15) is 0 Å². The summed E-state index contributed by atoms with van der Waals surface area (Å²) in [6.07, 6.45) is 1.38. The molecule has 0 aliphatic heterocycles. The van der Waals surface area contributed by atoms with Crippen molar-refractivity contribution >= 4 is 41.5 Å². The molecule has 106 valence electrons. The Hall–Kier alpha value is -1.31. The lowest BCUT2D eigenvalue weighted by atomic mass is 10.2. The van der Waals surface area contributed by atoms with Gasteiger partial charge in [0.25, 0.3) is 0 Å². The summed E-state index contributed by atoms with van der Waals surface area (Å²) in [7, 11) is 1.63. The number of guanidine groups is 1. The highest BCUT2D eigenvalue weighted by atomic mass is 127. The van der Waals surface area contributed by atoms with E-state index in [1.165, 1.54) is 0 Å². The minimum atomic E-state index is 0. The molecule has 0 saturated carbocycles. The number of anilines is 1. The molecule has 0 radical (unpaired) electrons. The molecule has 19 heavy (non-hydrogen) atoms. The first-order valence-corrected chi connectivity index (χ1v) is 6.00. The second kappa shape index (κ2) is 9.60. The molecule has 1 amide bonds. The van der Waals surface area contributed by atoms with Crippen molar-refractivity contribution in [1.29, 1.82) is 0 Å². The summed E-state index contributed by atoms with van der Waals surface area (Å²) in [5.74, 6) is 0.438. The fraction of sp³-hybridized carbons (Fsp3) is 0.385. The monoisotopic (exact) mass is 376 g/mol. The molecule has 4 N–H and O–H groups in total. The molecular weight excluding hydrogens is 355 g/mol. The Bertz CT molecular complexity index is 434. The van der Waals surface area contributed by atoms with E-state index in [0.717, 1.165) is 17.7 Å². The highest BCUT2D eigenvalue weighted by Crippen LogP contribution is 2.11. The first-order valence-electron chi connectivity index (χ1n) is 6.00. The molecule has 0 aliphatic rings. The number of aliphatic imine (C=N–C) groups is 1. The summed E-state index contributed by atoms with van der Waals surface area (Å²) in [6.45, 7) is 2.56. The lowest BCUT2D eigenvalue weighted by Crippen LogP contribution is -2.30. The van der Waals surface area contributed by atoms with E-state index >= 15 is 0 Å². The number of carbonyl (C=O) groups is 1. The zero-order valence-electron chi connectivity index (χ0n) is 11.3. The molecule has 5 nitrogen and oxygen atoms in total. The smallest absolute Gasteiger partial charge is 0.224 e. The number of halogens is 1. The minimum Gasteiger partial charge on any atom is -0.370 e. The van der Waals surface area contributed by atoms with Crippen LogP contribution in [-0.4, -0.2) is 18.9 Å². The minimum absolute atomic E-state index is 0. The molecule has 0 saturated heterocycles. The number of nitrogens with two attached hydrogens (primary N) is 1. The van der Waals surface area contributed by atoms with Crippen molar-refractivity contribution in [2.24, 2.45) is 10.7 Å². The predicted octanol–water partition coefficient (Wildman–Crippen LogP) is 2.08. The maximum absolute atomic E-state index is 11.5. The summed E-state index contributed by atoms with van der Waals surface area (Å²) >= 11 is 0. The van der Waals surface area contributed by atoms with Gasteiger partial charge >= 0.3 is 0 Å². The molecule has 0 spiro atoms. The summed E-state index contributed by atoms with van der Waals surface area (Å²) in [5.41, 5.74) is 7.39. The Morgan fingerprint density at radius 3 is 2.79 bits per heavy atom. The first kappa shape index (κ1) is 17.7. The predicted molar refractivity (Wildman–Crippen MR) is 89.8 cm³/mol. The first-order chi connectivity index (χ1) is 8.65. The van der Waals surface area contributed by atoms with E-state index < -0.39 is 0 Å². The van der Waals surface area contributed by atoms with Gasteiger partial charge in [0.15, 0.2) is 5.96 Å². The van der Waals surface area contributed by atoms with Crippen LogP contribution in [0.15, 0.2) is 29.3 Å². The van der Waals surface area contributed by atoms with E-state index in [-0.39, 0.29) is 29.9 Å². The Morgan fingerprint density at radius 2 is 2.16 bits per heavy atom. The molecule has 0 atom stereocenters. The van der Waals surface area contributed by atoms with Crippen molar-refractivity contribution in [2.45, 2.75) is 26.3 Å². The van der Waals surface area contributed by atoms with Crippen LogP contribution in [0.25, 0.3) is 0 Å². The van der Waals surface area contributed by atoms with Crippen LogP contribution in [0, 0.1) is 0 Å². The molecule has 0 aliphatic carbocycles. The molecule has 0 unspecified atom stereocenters. The van der Waals surface area contributed by atoms with E-state index in [4.69, 9.17) is 5.73 Å². The van der Waals surface area contributed by atoms with E-state index in [0.29, 0.717) is 18.9 Å². The van der Waals surface area contributed by atoms with E-state index in [1.807, 2.05) is 31.2 Å². The molecule has 0 heterocycles. The third-order valence-corrected chi connectivity index (χ3v) is 2.40. The van der Waals surface area contributed by atoms with Crippen LogP contribution in [0.1, 0.15) is 25.3 Å². The highest BCUT2D eigenvalue weighted by molar-refractivity contribution is 14.0. The fourth-order valence-electron chi connectivity index (χ4n) is 1.48. The van der Waals surface area contributed by atoms with Gasteiger partial charge in [-0.1, -0.05) is 19.1 Å². The number of amides is 1. The Balaban J connectivity index is 0.00000324. The molecule has 1 rings (SSSR count). The number of carbonyl (C=O) groups excluding carboxylic acids is 1. The van der Waals surface area contributed by atoms with Gasteiger partial charge in [0.05, 0.1) is 0 Å². The van der Waals surface area contributed by atoms with Gasteiger partial charge in [-0.05, 0) is 24.1 Å². The summed E-state index contributed by atoms with van der Waals surface area (Å²) in [4.78, 5) is 15.3. The molecule has 1 aromatic rings. The molecule has 6 heteroatoms. The Kier molecular flexibility index (Phi) is 8.94. The van der Waals surface area contributed by atoms with Crippen LogP contribution in [0.3, 0.4) is 0 Å². The highest BCUT2D eigenvalue weighted by Gasteiger charge is 2.01. The average molecular weight is 376 g/mol. The van der Waals surface area contributed by atoms with Crippen molar-refractivity contribution in [3.8, 4) is 0 Å². The molecule has 1 aromatic carbocycles. The van der Waals surface area contributed by atoms with E-state index in [9.17, 15) is 4.79 Å². The molecule has 0 aromatic heterocycles. The number of nitrogens with one attached hydrogen (secondary N) is 2. The van der Waals surface area contributed by atoms with Crippen LogP contribution in [0.4, 0.5) is 5.69 Å². The van der Waals surface area contributed by atoms with Crippen molar-refractivity contribution < 1.29 is 4.79 Å².